The van der Waals surface area contributed by atoms with Crippen LogP contribution in [0.2, 0.25) is 0 Å². The molecule has 3 heterocycles. The predicted octanol–water partition coefficient (Wildman–Crippen LogP) is 1.16. The van der Waals surface area contributed by atoms with Crippen molar-refractivity contribution in [2.75, 3.05) is 20.1 Å². The highest BCUT2D eigenvalue weighted by atomic mass is 16.4. The number of aliphatic carboxylic acids is 1. The summed E-state index contributed by atoms with van der Waals surface area (Å²) in [5, 5.41) is 13.3. The van der Waals surface area contributed by atoms with Crippen molar-refractivity contribution in [3.63, 3.8) is 0 Å². The van der Waals surface area contributed by atoms with Crippen LogP contribution in [0, 0.1) is 0 Å². The third-order valence-corrected chi connectivity index (χ3v) is 4.59. The molecule has 1 N–H and O–H groups in total. The zero-order chi connectivity index (χ0) is 19.2. The molecule has 1 aliphatic rings. The molecule has 27 heavy (non-hydrogen) atoms. The number of carbonyl (C=O) groups is 2. The largest absolute Gasteiger partial charge is 0.481 e. The van der Waals surface area contributed by atoms with Gasteiger partial charge in [-0.15, -0.1) is 0 Å². The lowest BCUT2D eigenvalue weighted by Gasteiger charge is -2.24. The highest BCUT2D eigenvalue weighted by Crippen LogP contribution is 2.15. The van der Waals surface area contributed by atoms with E-state index in [1.54, 1.807) is 6.20 Å². The van der Waals surface area contributed by atoms with Crippen molar-refractivity contribution in [1.29, 1.82) is 0 Å². The Morgan fingerprint density at radius 2 is 2.19 bits per heavy atom. The summed E-state index contributed by atoms with van der Waals surface area (Å²) in [6.45, 7) is 2.98. The molecule has 3 rings (SSSR count). The van der Waals surface area contributed by atoms with E-state index in [1.807, 2.05) is 45.9 Å². The fourth-order valence-electron chi connectivity index (χ4n) is 3.28. The number of aryl methyl sites for hydroxylation is 2. The highest BCUT2D eigenvalue weighted by molar-refractivity contribution is 5.78. The maximum absolute atomic E-state index is 12.7. The van der Waals surface area contributed by atoms with Gasteiger partial charge in [-0.2, -0.15) is 5.10 Å². The van der Waals surface area contributed by atoms with Crippen molar-refractivity contribution in [2.45, 2.75) is 38.9 Å². The topological polar surface area (TPSA) is 91.6 Å². The van der Waals surface area contributed by atoms with Crippen LogP contribution in [0.1, 0.15) is 29.8 Å². The van der Waals surface area contributed by atoms with E-state index in [0.29, 0.717) is 32.6 Å². The first-order chi connectivity index (χ1) is 13.0. The number of carboxylic acid groups (broad SMARTS) is 1. The number of carbonyl (C=O) groups excluding carboxylic acids is 1. The molecule has 0 aliphatic carbocycles. The van der Waals surface area contributed by atoms with Gasteiger partial charge in [0.1, 0.15) is 0 Å². The molecule has 0 bridgehead atoms. The molecule has 0 atom stereocenters. The van der Waals surface area contributed by atoms with Gasteiger partial charge in [0.2, 0.25) is 5.91 Å². The second kappa shape index (κ2) is 8.77. The van der Waals surface area contributed by atoms with Crippen molar-refractivity contribution in [2.24, 2.45) is 0 Å². The summed E-state index contributed by atoms with van der Waals surface area (Å²) in [6, 6.07) is 5.81. The number of fused-ring (bicyclic) bond motifs is 1. The molecular weight excluding hydrogens is 346 g/mol. The Balaban J connectivity index is 1.58. The highest BCUT2D eigenvalue weighted by Gasteiger charge is 2.21. The summed E-state index contributed by atoms with van der Waals surface area (Å²) in [7, 11) is 1.93. The summed E-state index contributed by atoms with van der Waals surface area (Å²) in [5.41, 5.74) is 2.82. The van der Waals surface area contributed by atoms with E-state index in [4.69, 9.17) is 5.11 Å². The molecule has 2 aromatic heterocycles. The molecule has 0 aromatic carbocycles. The maximum atomic E-state index is 12.7. The van der Waals surface area contributed by atoms with Crippen LogP contribution in [0.4, 0.5) is 0 Å². The van der Waals surface area contributed by atoms with Crippen LogP contribution in [-0.2, 0) is 35.6 Å². The van der Waals surface area contributed by atoms with Crippen LogP contribution in [0.5, 0.6) is 0 Å². The van der Waals surface area contributed by atoms with Crippen LogP contribution in [0.3, 0.4) is 0 Å². The smallest absolute Gasteiger partial charge is 0.303 e. The van der Waals surface area contributed by atoms with Gasteiger partial charge in [-0.25, -0.2) is 0 Å². The van der Waals surface area contributed by atoms with E-state index >= 15 is 0 Å². The molecule has 0 radical (unpaired) electrons. The maximum Gasteiger partial charge on any atom is 0.303 e. The molecule has 8 heteroatoms. The van der Waals surface area contributed by atoms with E-state index < -0.39 is 5.97 Å². The van der Waals surface area contributed by atoms with E-state index in [-0.39, 0.29) is 12.3 Å². The number of hydrogen-bond donors (Lipinski definition) is 1. The fourth-order valence-corrected chi connectivity index (χ4v) is 3.28. The van der Waals surface area contributed by atoms with Gasteiger partial charge in [0.05, 0.1) is 30.9 Å². The first kappa shape index (κ1) is 19.0. The number of nitrogens with zero attached hydrogens (tertiary/aromatic N) is 5. The average molecular weight is 371 g/mol. The third kappa shape index (κ3) is 5.37. The van der Waals surface area contributed by atoms with Gasteiger partial charge in [0.25, 0.3) is 0 Å². The van der Waals surface area contributed by atoms with Gasteiger partial charge in [-0.05, 0) is 31.2 Å². The Kier molecular flexibility index (Phi) is 6.18. The summed E-state index contributed by atoms with van der Waals surface area (Å²) in [4.78, 5) is 31.4. The second-order valence-electron chi connectivity index (χ2n) is 6.95. The third-order valence-electron chi connectivity index (χ3n) is 4.59. The molecular formula is C19H25N5O3. The monoisotopic (exact) mass is 371 g/mol. The number of rotatable bonds is 7. The normalized spacial score (nSPS) is 14.1. The zero-order valence-electron chi connectivity index (χ0n) is 15.5. The number of carboxylic acids is 1. The van der Waals surface area contributed by atoms with E-state index in [9.17, 15) is 9.59 Å². The van der Waals surface area contributed by atoms with Crippen LogP contribution in [-0.4, -0.2) is 61.7 Å². The molecule has 0 fully saturated rings. The summed E-state index contributed by atoms with van der Waals surface area (Å²) >= 11 is 0. The van der Waals surface area contributed by atoms with Crippen molar-refractivity contribution < 1.29 is 14.7 Å². The molecule has 2 aromatic rings. The number of hydrogen-bond acceptors (Lipinski definition) is 5. The average Bonchev–Trinajstić information content (AvgIpc) is 2.90. The van der Waals surface area contributed by atoms with E-state index in [0.717, 1.165) is 29.9 Å². The molecule has 0 spiro atoms. The number of likely N-dealkylation sites (N-methyl/N-ethyl adjacent to an activating group) is 1. The SMILES string of the molecule is CN(CC(=O)N1CCCn2nc(CCC(=O)O)cc2C1)Cc1cccnc1. The van der Waals surface area contributed by atoms with Crippen LogP contribution < -0.4 is 0 Å². The first-order valence-corrected chi connectivity index (χ1v) is 9.14. The Morgan fingerprint density at radius 1 is 1.33 bits per heavy atom. The Morgan fingerprint density at radius 3 is 2.93 bits per heavy atom. The fraction of sp³-hybridized carbons (Fsp3) is 0.474. The minimum atomic E-state index is -0.827. The van der Waals surface area contributed by atoms with Crippen LogP contribution in [0.25, 0.3) is 0 Å². The van der Waals surface area contributed by atoms with Crippen molar-refractivity contribution >= 4 is 11.9 Å². The lowest BCUT2D eigenvalue weighted by Crippen LogP contribution is -2.38. The van der Waals surface area contributed by atoms with Crippen molar-refractivity contribution in [3.8, 4) is 0 Å². The quantitative estimate of drug-likeness (QED) is 0.785. The summed E-state index contributed by atoms with van der Waals surface area (Å²) in [5.74, 6) is -0.741. The van der Waals surface area contributed by atoms with Crippen molar-refractivity contribution in [1.82, 2.24) is 24.6 Å². The zero-order valence-corrected chi connectivity index (χ0v) is 15.5. The lowest BCUT2D eigenvalue weighted by molar-refractivity contribution is -0.137. The van der Waals surface area contributed by atoms with Crippen LogP contribution in [0.15, 0.2) is 30.6 Å². The lowest BCUT2D eigenvalue weighted by atomic mass is 10.2. The van der Waals surface area contributed by atoms with E-state index in [2.05, 4.69) is 10.1 Å². The Hall–Kier alpha value is -2.74. The molecule has 1 amide bonds. The van der Waals surface area contributed by atoms with Gasteiger partial charge >= 0.3 is 5.97 Å². The number of amides is 1. The van der Waals surface area contributed by atoms with E-state index in [1.165, 1.54) is 0 Å². The van der Waals surface area contributed by atoms with Gasteiger partial charge in [0.15, 0.2) is 0 Å². The second-order valence-corrected chi connectivity index (χ2v) is 6.95. The molecule has 144 valence electrons. The summed E-state index contributed by atoms with van der Waals surface area (Å²) < 4.78 is 1.91. The minimum Gasteiger partial charge on any atom is -0.481 e. The summed E-state index contributed by atoms with van der Waals surface area (Å²) in [6.07, 6.45) is 4.87. The van der Waals surface area contributed by atoms with Crippen LogP contribution >= 0.6 is 0 Å². The Bertz CT molecular complexity index is 790. The Labute approximate surface area is 158 Å². The van der Waals surface area contributed by atoms with Gasteiger partial charge < -0.3 is 10.0 Å². The first-order valence-electron chi connectivity index (χ1n) is 9.14. The van der Waals surface area contributed by atoms with Gasteiger partial charge in [0, 0.05) is 38.4 Å². The minimum absolute atomic E-state index is 0.0677. The molecule has 8 nitrogen and oxygen atoms in total. The molecule has 0 saturated carbocycles. The molecule has 0 saturated heterocycles. The van der Waals surface area contributed by atoms with Gasteiger partial charge in [-0.1, -0.05) is 6.07 Å². The number of pyridine rings is 1. The predicted molar refractivity (Wildman–Crippen MR) is 98.8 cm³/mol. The standard InChI is InChI=1S/C19H25N5O3/c1-22(12-15-4-2-7-20-11-15)14-18(25)23-8-3-9-24-17(13-23)10-16(21-24)5-6-19(26)27/h2,4,7,10-11H,3,5-6,8-9,12-14H2,1H3,(H,26,27). The van der Waals surface area contributed by atoms with Gasteiger partial charge in [-0.3, -0.25) is 24.2 Å². The molecule has 0 unspecified atom stereocenters. The van der Waals surface area contributed by atoms with Crippen molar-refractivity contribution in [3.05, 3.63) is 47.5 Å². The molecule has 1 aliphatic heterocycles. The number of aromatic nitrogens is 3.